The van der Waals surface area contributed by atoms with E-state index in [9.17, 15) is 9.59 Å². The van der Waals surface area contributed by atoms with E-state index in [1.165, 1.54) is 5.56 Å². The van der Waals surface area contributed by atoms with E-state index in [1.54, 1.807) is 17.2 Å². The zero-order chi connectivity index (χ0) is 16.4. The van der Waals surface area contributed by atoms with Gasteiger partial charge in [-0.1, -0.05) is 6.07 Å². The largest absolute Gasteiger partial charge is 0.467 e. The Morgan fingerprint density at radius 2 is 2.13 bits per heavy atom. The molecule has 5 nitrogen and oxygen atoms in total. The number of benzene rings is 1. The molecule has 0 bridgehead atoms. The molecule has 0 saturated carbocycles. The third-order valence-electron chi connectivity index (χ3n) is 4.31. The summed E-state index contributed by atoms with van der Waals surface area (Å²) in [5, 5.41) is 2.83. The molecule has 1 unspecified atom stereocenters. The zero-order valence-electron chi connectivity index (χ0n) is 13.3. The SMILES string of the molecule is Cc1ccc(N2CC(C(=O)NCc3ccco3)CC2=O)cc1C. The van der Waals surface area contributed by atoms with Gasteiger partial charge in [0, 0.05) is 18.7 Å². The predicted molar refractivity (Wildman–Crippen MR) is 86.9 cm³/mol. The number of carbonyl (C=O) groups is 2. The van der Waals surface area contributed by atoms with E-state index in [0.29, 0.717) is 18.8 Å². The van der Waals surface area contributed by atoms with Gasteiger partial charge < -0.3 is 14.6 Å². The standard InChI is InChI=1S/C18H20N2O3/c1-12-5-6-15(8-13(12)2)20-11-14(9-17(20)21)18(22)19-10-16-4-3-7-23-16/h3-8,14H,9-11H2,1-2H3,(H,19,22). The van der Waals surface area contributed by atoms with E-state index in [-0.39, 0.29) is 24.2 Å². The monoisotopic (exact) mass is 312 g/mol. The van der Waals surface area contributed by atoms with Crippen LogP contribution in [0.3, 0.4) is 0 Å². The molecule has 0 spiro atoms. The van der Waals surface area contributed by atoms with E-state index in [2.05, 4.69) is 5.32 Å². The molecule has 1 fully saturated rings. The van der Waals surface area contributed by atoms with Crippen molar-refractivity contribution in [3.63, 3.8) is 0 Å². The summed E-state index contributed by atoms with van der Waals surface area (Å²) in [4.78, 5) is 26.2. The van der Waals surface area contributed by atoms with Crippen LogP contribution < -0.4 is 10.2 Å². The van der Waals surface area contributed by atoms with Crippen LogP contribution in [0.2, 0.25) is 0 Å². The number of carbonyl (C=O) groups excluding carboxylic acids is 2. The molecule has 5 heteroatoms. The molecule has 1 atom stereocenters. The van der Waals surface area contributed by atoms with Crippen LogP contribution in [0, 0.1) is 19.8 Å². The van der Waals surface area contributed by atoms with Gasteiger partial charge >= 0.3 is 0 Å². The van der Waals surface area contributed by atoms with Crippen molar-refractivity contribution in [3.8, 4) is 0 Å². The van der Waals surface area contributed by atoms with Gasteiger partial charge in [0.25, 0.3) is 0 Å². The summed E-state index contributed by atoms with van der Waals surface area (Å²) in [6.07, 6.45) is 1.82. The summed E-state index contributed by atoms with van der Waals surface area (Å²) in [7, 11) is 0. The molecule has 23 heavy (non-hydrogen) atoms. The number of hydrogen-bond acceptors (Lipinski definition) is 3. The topological polar surface area (TPSA) is 62.6 Å². The van der Waals surface area contributed by atoms with E-state index in [4.69, 9.17) is 4.42 Å². The second kappa shape index (κ2) is 6.28. The smallest absolute Gasteiger partial charge is 0.227 e. The molecule has 1 saturated heterocycles. The highest BCUT2D eigenvalue weighted by Gasteiger charge is 2.35. The van der Waals surface area contributed by atoms with Gasteiger partial charge in [-0.25, -0.2) is 0 Å². The first-order valence-electron chi connectivity index (χ1n) is 7.72. The lowest BCUT2D eigenvalue weighted by atomic mass is 10.1. The maximum Gasteiger partial charge on any atom is 0.227 e. The Morgan fingerprint density at radius 3 is 2.83 bits per heavy atom. The quantitative estimate of drug-likeness (QED) is 0.944. The molecule has 1 aromatic carbocycles. The van der Waals surface area contributed by atoms with Gasteiger partial charge in [-0.15, -0.1) is 0 Å². The molecule has 2 amide bonds. The Balaban J connectivity index is 1.64. The molecule has 0 radical (unpaired) electrons. The first-order valence-corrected chi connectivity index (χ1v) is 7.72. The lowest BCUT2D eigenvalue weighted by molar-refractivity contribution is -0.126. The number of nitrogens with zero attached hydrogens (tertiary/aromatic N) is 1. The van der Waals surface area contributed by atoms with Crippen molar-refractivity contribution in [2.75, 3.05) is 11.4 Å². The number of anilines is 1. The van der Waals surface area contributed by atoms with E-state index in [0.717, 1.165) is 11.3 Å². The fourth-order valence-corrected chi connectivity index (χ4v) is 2.76. The van der Waals surface area contributed by atoms with Crippen molar-refractivity contribution in [2.24, 2.45) is 5.92 Å². The Labute approximate surface area is 135 Å². The minimum absolute atomic E-state index is 0.00796. The van der Waals surface area contributed by atoms with Gasteiger partial charge in [0.15, 0.2) is 0 Å². The Kier molecular flexibility index (Phi) is 4.19. The van der Waals surface area contributed by atoms with Crippen molar-refractivity contribution < 1.29 is 14.0 Å². The van der Waals surface area contributed by atoms with Gasteiger partial charge in [-0.2, -0.15) is 0 Å². The molecule has 1 aliphatic heterocycles. The van der Waals surface area contributed by atoms with E-state index < -0.39 is 0 Å². The zero-order valence-corrected chi connectivity index (χ0v) is 13.3. The van der Waals surface area contributed by atoms with Crippen molar-refractivity contribution in [1.82, 2.24) is 5.32 Å². The van der Waals surface area contributed by atoms with Crippen LogP contribution in [-0.4, -0.2) is 18.4 Å². The van der Waals surface area contributed by atoms with Crippen LogP contribution in [0.5, 0.6) is 0 Å². The van der Waals surface area contributed by atoms with Gasteiger partial charge in [-0.05, 0) is 49.2 Å². The normalized spacial score (nSPS) is 17.6. The lowest BCUT2D eigenvalue weighted by Crippen LogP contribution is -2.32. The van der Waals surface area contributed by atoms with Crippen LogP contribution >= 0.6 is 0 Å². The van der Waals surface area contributed by atoms with Crippen LogP contribution in [0.15, 0.2) is 41.0 Å². The number of rotatable bonds is 4. The highest BCUT2D eigenvalue weighted by Crippen LogP contribution is 2.27. The Hall–Kier alpha value is -2.56. The second-order valence-corrected chi connectivity index (χ2v) is 5.97. The summed E-state index contributed by atoms with van der Waals surface area (Å²) >= 11 is 0. The number of nitrogens with one attached hydrogen (secondary N) is 1. The van der Waals surface area contributed by atoms with Crippen molar-refractivity contribution in [2.45, 2.75) is 26.8 Å². The average molecular weight is 312 g/mol. The number of amides is 2. The van der Waals surface area contributed by atoms with E-state index >= 15 is 0 Å². The fraction of sp³-hybridized carbons (Fsp3) is 0.333. The summed E-state index contributed by atoms with van der Waals surface area (Å²) in [5.41, 5.74) is 3.19. The Bertz CT molecular complexity index is 722. The van der Waals surface area contributed by atoms with Gasteiger partial charge in [-0.3, -0.25) is 9.59 Å². The van der Waals surface area contributed by atoms with Crippen molar-refractivity contribution in [1.29, 1.82) is 0 Å². The van der Waals surface area contributed by atoms with Gasteiger partial charge in [0.1, 0.15) is 5.76 Å². The number of hydrogen-bond donors (Lipinski definition) is 1. The molecule has 1 N–H and O–H groups in total. The molecular weight excluding hydrogens is 292 g/mol. The van der Waals surface area contributed by atoms with Gasteiger partial charge in [0.2, 0.25) is 11.8 Å². The van der Waals surface area contributed by atoms with Crippen LogP contribution in [0.25, 0.3) is 0 Å². The first kappa shape index (κ1) is 15.3. The first-order chi connectivity index (χ1) is 11.0. The summed E-state index contributed by atoms with van der Waals surface area (Å²) in [6, 6.07) is 9.52. The second-order valence-electron chi connectivity index (χ2n) is 5.97. The molecule has 0 aliphatic carbocycles. The molecule has 2 heterocycles. The molecule has 2 aromatic rings. The summed E-state index contributed by atoms with van der Waals surface area (Å²) in [6.45, 7) is 4.83. The third kappa shape index (κ3) is 3.28. The molecule has 1 aliphatic rings. The summed E-state index contributed by atoms with van der Waals surface area (Å²) in [5.74, 6) is 0.264. The van der Waals surface area contributed by atoms with Gasteiger partial charge in [0.05, 0.1) is 18.7 Å². The molecule has 120 valence electrons. The highest BCUT2D eigenvalue weighted by atomic mass is 16.3. The third-order valence-corrected chi connectivity index (χ3v) is 4.31. The minimum Gasteiger partial charge on any atom is -0.467 e. The van der Waals surface area contributed by atoms with E-state index in [1.807, 2.05) is 38.1 Å². The van der Waals surface area contributed by atoms with Crippen LogP contribution in [0.1, 0.15) is 23.3 Å². The maximum atomic E-state index is 12.3. The van der Waals surface area contributed by atoms with Crippen molar-refractivity contribution in [3.05, 3.63) is 53.5 Å². The summed E-state index contributed by atoms with van der Waals surface area (Å²) < 4.78 is 5.19. The van der Waals surface area contributed by atoms with Crippen LogP contribution in [0.4, 0.5) is 5.69 Å². The highest BCUT2D eigenvalue weighted by molar-refractivity contribution is 6.00. The fourth-order valence-electron chi connectivity index (χ4n) is 2.76. The van der Waals surface area contributed by atoms with Crippen molar-refractivity contribution >= 4 is 17.5 Å². The number of aryl methyl sites for hydroxylation is 2. The molecular formula is C18H20N2O3. The average Bonchev–Trinajstić information content (AvgIpc) is 3.17. The lowest BCUT2D eigenvalue weighted by Gasteiger charge is -2.18. The Morgan fingerprint density at radius 1 is 1.30 bits per heavy atom. The molecule has 1 aromatic heterocycles. The minimum atomic E-state index is -0.320. The predicted octanol–water partition coefficient (Wildman–Crippen LogP) is 2.57. The molecule has 3 rings (SSSR count). The maximum absolute atomic E-state index is 12.3. The van der Waals surface area contributed by atoms with Crippen LogP contribution in [-0.2, 0) is 16.1 Å². The number of furan rings is 1.